The number of rotatable bonds is 8. The summed E-state index contributed by atoms with van der Waals surface area (Å²) >= 11 is 0. The van der Waals surface area contributed by atoms with Gasteiger partial charge in [-0.05, 0) is 50.5 Å². The smallest absolute Gasteiger partial charge is 0.491 e. The van der Waals surface area contributed by atoms with Crippen molar-refractivity contribution in [3.63, 3.8) is 0 Å². The van der Waals surface area contributed by atoms with Gasteiger partial charge >= 0.3 is 7.12 Å². The van der Waals surface area contributed by atoms with Crippen LogP contribution in [0.4, 0.5) is 0 Å². The van der Waals surface area contributed by atoms with Crippen LogP contribution in [0.25, 0.3) is 0 Å². The van der Waals surface area contributed by atoms with Crippen molar-refractivity contribution < 1.29 is 14.4 Å². The summed E-state index contributed by atoms with van der Waals surface area (Å²) in [6.07, 6.45) is 0.952. The third-order valence-corrected chi connectivity index (χ3v) is 3.74. The molecular formula is C17H30BNO3. The van der Waals surface area contributed by atoms with E-state index < -0.39 is 7.12 Å². The molecule has 1 rings (SSSR count). The molecule has 1 aromatic rings. The van der Waals surface area contributed by atoms with Gasteiger partial charge in [0, 0.05) is 12.6 Å². The second-order valence-electron chi connectivity index (χ2n) is 7.07. The molecule has 0 bridgehead atoms. The molecule has 1 N–H and O–H groups in total. The van der Waals surface area contributed by atoms with E-state index in [1.165, 1.54) is 0 Å². The monoisotopic (exact) mass is 307 g/mol. The van der Waals surface area contributed by atoms with E-state index >= 15 is 0 Å². The van der Waals surface area contributed by atoms with E-state index in [1.54, 1.807) is 0 Å². The lowest BCUT2D eigenvalue weighted by Crippen LogP contribution is -2.40. The Balaban J connectivity index is 2.47. The van der Waals surface area contributed by atoms with Gasteiger partial charge in [-0.25, -0.2) is 0 Å². The van der Waals surface area contributed by atoms with Gasteiger partial charge in [-0.3, -0.25) is 0 Å². The molecule has 4 nitrogen and oxygen atoms in total. The highest BCUT2D eigenvalue weighted by Crippen LogP contribution is 2.22. The molecule has 0 aliphatic heterocycles. The lowest BCUT2D eigenvalue weighted by Gasteiger charge is -2.28. The maximum absolute atomic E-state index is 10.2. The zero-order chi connectivity index (χ0) is 16.8. The molecule has 0 radical (unpaired) electrons. The number of benzene rings is 1. The van der Waals surface area contributed by atoms with Gasteiger partial charge in [-0.1, -0.05) is 32.9 Å². The predicted octanol–water partition coefficient (Wildman–Crippen LogP) is 2.16. The number of ether oxygens (including phenoxy) is 1. The standard InChI is InChI=1S/C17H30BNO3/c1-14(17(2,3)4)22-18(20)15-8-10-16(11-9-15)21-13-7-12-19(5)6/h8-11,14,20H,7,12-13H2,1-6H3. The molecule has 0 amide bonds. The highest BCUT2D eigenvalue weighted by atomic mass is 16.5. The number of nitrogens with zero attached hydrogens (tertiary/aromatic N) is 1. The van der Waals surface area contributed by atoms with Crippen LogP contribution in [0.1, 0.15) is 34.1 Å². The lowest BCUT2D eigenvalue weighted by molar-refractivity contribution is 0.0859. The van der Waals surface area contributed by atoms with Crippen LogP contribution >= 0.6 is 0 Å². The Kier molecular flexibility index (Phi) is 7.40. The molecule has 1 aromatic carbocycles. The van der Waals surface area contributed by atoms with Gasteiger partial charge in [0.25, 0.3) is 0 Å². The number of hydrogen-bond acceptors (Lipinski definition) is 4. The van der Waals surface area contributed by atoms with E-state index in [0.29, 0.717) is 6.61 Å². The molecule has 0 fully saturated rings. The largest absolute Gasteiger partial charge is 0.494 e. The second kappa shape index (κ2) is 8.56. The molecule has 1 unspecified atom stereocenters. The minimum Gasteiger partial charge on any atom is -0.494 e. The molecule has 124 valence electrons. The van der Waals surface area contributed by atoms with Gasteiger partial charge in [-0.2, -0.15) is 0 Å². The van der Waals surface area contributed by atoms with Gasteiger partial charge in [0.15, 0.2) is 0 Å². The van der Waals surface area contributed by atoms with Gasteiger partial charge in [0.2, 0.25) is 0 Å². The Hall–Kier alpha value is -1.04. The van der Waals surface area contributed by atoms with Crippen molar-refractivity contribution >= 4 is 12.6 Å². The molecule has 5 heteroatoms. The average molecular weight is 307 g/mol. The van der Waals surface area contributed by atoms with E-state index in [1.807, 2.05) is 31.2 Å². The topological polar surface area (TPSA) is 41.9 Å². The quantitative estimate of drug-likeness (QED) is 0.590. The first kappa shape index (κ1) is 19.0. The first-order valence-corrected chi connectivity index (χ1v) is 7.91. The van der Waals surface area contributed by atoms with Gasteiger partial charge in [-0.15, -0.1) is 0 Å². The molecule has 0 heterocycles. The Bertz CT molecular complexity index is 429. The summed E-state index contributed by atoms with van der Waals surface area (Å²) < 4.78 is 11.4. The predicted molar refractivity (Wildman–Crippen MR) is 92.7 cm³/mol. The van der Waals surface area contributed by atoms with Crippen molar-refractivity contribution in [2.24, 2.45) is 5.41 Å². The van der Waals surface area contributed by atoms with Crippen LogP contribution in [0.2, 0.25) is 0 Å². The first-order valence-electron chi connectivity index (χ1n) is 7.91. The normalized spacial score (nSPS) is 13.3. The van der Waals surface area contributed by atoms with Crippen LogP contribution < -0.4 is 10.2 Å². The van der Waals surface area contributed by atoms with E-state index in [9.17, 15) is 5.02 Å². The van der Waals surface area contributed by atoms with E-state index in [-0.39, 0.29) is 11.5 Å². The Morgan fingerprint density at radius 2 is 1.77 bits per heavy atom. The molecule has 0 aliphatic rings. The van der Waals surface area contributed by atoms with Crippen molar-refractivity contribution in [1.29, 1.82) is 0 Å². The maximum Gasteiger partial charge on any atom is 0.491 e. The van der Waals surface area contributed by atoms with Crippen LogP contribution in [0.15, 0.2) is 24.3 Å². The molecule has 0 saturated heterocycles. The Morgan fingerprint density at radius 3 is 2.27 bits per heavy atom. The molecule has 0 aromatic heterocycles. The van der Waals surface area contributed by atoms with Crippen LogP contribution in [0.3, 0.4) is 0 Å². The van der Waals surface area contributed by atoms with Crippen LogP contribution in [0.5, 0.6) is 5.75 Å². The molecule has 0 spiro atoms. The molecule has 1 atom stereocenters. The van der Waals surface area contributed by atoms with Crippen molar-refractivity contribution in [2.45, 2.75) is 40.2 Å². The minimum absolute atomic E-state index is 0.00350. The average Bonchev–Trinajstić information content (AvgIpc) is 2.43. The fourth-order valence-electron chi connectivity index (χ4n) is 1.78. The van der Waals surface area contributed by atoms with Crippen LogP contribution in [-0.4, -0.2) is 50.4 Å². The summed E-state index contributed by atoms with van der Waals surface area (Å²) in [7, 11) is 3.20. The Morgan fingerprint density at radius 1 is 1.18 bits per heavy atom. The molecule has 0 aliphatic carbocycles. The van der Waals surface area contributed by atoms with E-state index in [0.717, 1.165) is 24.2 Å². The maximum atomic E-state index is 10.2. The summed E-state index contributed by atoms with van der Waals surface area (Å²) in [4.78, 5) is 2.14. The highest BCUT2D eigenvalue weighted by Gasteiger charge is 2.27. The molecular weight excluding hydrogens is 277 g/mol. The third kappa shape index (κ3) is 6.82. The van der Waals surface area contributed by atoms with Crippen LogP contribution in [0, 0.1) is 5.41 Å². The molecule has 0 saturated carbocycles. The summed E-state index contributed by atoms with van der Waals surface area (Å²) in [5.74, 6) is 0.818. The van der Waals surface area contributed by atoms with Crippen molar-refractivity contribution in [3.8, 4) is 5.75 Å². The van der Waals surface area contributed by atoms with Crippen molar-refractivity contribution in [3.05, 3.63) is 24.3 Å². The van der Waals surface area contributed by atoms with Crippen LogP contribution in [-0.2, 0) is 4.65 Å². The summed E-state index contributed by atoms with van der Waals surface area (Å²) in [5.41, 5.74) is 0.743. The van der Waals surface area contributed by atoms with Crippen molar-refractivity contribution in [2.75, 3.05) is 27.2 Å². The third-order valence-electron chi connectivity index (χ3n) is 3.74. The summed E-state index contributed by atoms with van der Waals surface area (Å²) in [6.45, 7) is 9.96. The van der Waals surface area contributed by atoms with Gasteiger partial charge in [0.05, 0.1) is 6.61 Å². The number of hydrogen-bond donors (Lipinski definition) is 1. The SMILES string of the molecule is CC(OB(O)c1ccc(OCCCN(C)C)cc1)C(C)(C)C. The zero-order valence-electron chi connectivity index (χ0n) is 14.8. The Labute approximate surface area is 135 Å². The molecule has 22 heavy (non-hydrogen) atoms. The lowest BCUT2D eigenvalue weighted by atomic mass is 9.78. The van der Waals surface area contributed by atoms with Gasteiger partial charge in [0.1, 0.15) is 5.75 Å². The fourth-order valence-corrected chi connectivity index (χ4v) is 1.78. The second-order valence-corrected chi connectivity index (χ2v) is 7.07. The first-order chi connectivity index (χ1) is 10.2. The highest BCUT2D eigenvalue weighted by molar-refractivity contribution is 6.60. The van der Waals surface area contributed by atoms with E-state index in [2.05, 4.69) is 39.8 Å². The minimum atomic E-state index is -0.906. The summed E-state index contributed by atoms with van der Waals surface area (Å²) in [5, 5.41) is 10.2. The van der Waals surface area contributed by atoms with Gasteiger partial charge < -0.3 is 19.3 Å². The van der Waals surface area contributed by atoms with Crippen molar-refractivity contribution in [1.82, 2.24) is 4.90 Å². The zero-order valence-corrected chi connectivity index (χ0v) is 14.8. The van der Waals surface area contributed by atoms with E-state index in [4.69, 9.17) is 9.39 Å². The fraction of sp³-hybridized carbons (Fsp3) is 0.647. The summed E-state index contributed by atoms with van der Waals surface area (Å²) in [6, 6.07) is 7.45.